The van der Waals surface area contributed by atoms with Crippen LogP contribution in [0.2, 0.25) is 0 Å². The lowest BCUT2D eigenvalue weighted by Gasteiger charge is -2.12. The van der Waals surface area contributed by atoms with Crippen LogP contribution in [0.25, 0.3) is 0 Å². The molecule has 0 saturated carbocycles. The standard InChI is InChI=1S/C12H23N3/c1-4-6-13-9-12-14-7-8-15(12)10-11(3)5-2/h7-8,11,13H,4-6,9-10H2,1-3H3. The van der Waals surface area contributed by atoms with Gasteiger partial charge in [0, 0.05) is 18.9 Å². The molecular weight excluding hydrogens is 186 g/mol. The third kappa shape index (κ3) is 4.04. The van der Waals surface area contributed by atoms with Crippen LogP contribution < -0.4 is 5.32 Å². The van der Waals surface area contributed by atoms with Crippen molar-refractivity contribution in [2.24, 2.45) is 5.92 Å². The predicted octanol–water partition coefficient (Wildman–Crippen LogP) is 2.43. The number of aromatic nitrogens is 2. The van der Waals surface area contributed by atoms with Crippen molar-refractivity contribution in [1.29, 1.82) is 0 Å². The summed E-state index contributed by atoms with van der Waals surface area (Å²) in [7, 11) is 0. The van der Waals surface area contributed by atoms with Gasteiger partial charge in [-0.15, -0.1) is 0 Å². The Kier molecular flexibility index (Phi) is 5.40. The Morgan fingerprint density at radius 3 is 2.93 bits per heavy atom. The molecule has 1 aromatic heterocycles. The van der Waals surface area contributed by atoms with Gasteiger partial charge in [0.2, 0.25) is 0 Å². The van der Waals surface area contributed by atoms with Gasteiger partial charge >= 0.3 is 0 Å². The molecule has 1 rings (SSSR count). The number of hydrogen-bond donors (Lipinski definition) is 1. The van der Waals surface area contributed by atoms with E-state index in [1.165, 1.54) is 12.8 Å². The first-order valence-electron chi connectivity index (χ1n) is 5.98. The molecule has 15 heavy (non-hydrogen) atoms. The highest BCUT2D eigenvalue weighted by molar-refractivity contribution is 4.92. The van der Waals surface area contributed by atoms with E-state index in [1.807, 2.05) is 6.20 Å². The van der Waals surface area contributed by atoms with Crippen molar-refractivity contribution in [1.82, 2.24) is 14.9 Å². The van der Waals surface area contributed by atoms with Crippen LogP contribution in [0.1, 0.15) is 39.4 Å². The first-order valence-corrected chi connectivity index (χ1v) is 5.98. The van der Waals surface area contributed by atoms with Gasteiger partial charge in [-0.3, -0.25) is 0 Å². The molecule has 1 aromatic rings. The van der Waals surface area contributed by atoms with E-state index in [1.54, 1.807) is 0 Å². The first-order chi connectivity index (χ1) is 7.27. The van der Waals surface area contributed by atoms with Crippen LogP contribution in [0.4, 0.5) is 0 Å². The normalized spacial score (nSPS) is 13.0. The molecule has 3 nitrogen and oxygen atoms in total. The second-order valence-electron chi connectivity index (χ2n) is 4.19. The lowest BCUT2D eigenvalue weighted by atomic mass is 10.1. The highest BCUT2D eigenvalue weighted by atomic mass is 15.1. The van der Waals surface area contributed by atoms with Gasteiger partial charge in [0.05, 0.1) is 6.54 Å². The zero-order valence-electron chi connectivity index (χ0n) is 10.2. The molecule has 1 N–H and O–H groups in total. The monoisotopic (exact) mass is 209 g/mol. The lowest BCUT2D eigenvalue weighted by molar-refractivity contribution is 0.452. The van der Waals surface area contributed by atoms with Gasteiger partial charge in [0.25, 0.3) is 0 Å². The number of imidazole rings is 1. The Labute approximate surface area is 92.9 Å². The molecule has 0 saturated heterocycles. The molecule has 0 aliphatic rings. The topological polar surface area (TPSA) is 29.9 Å². The predicted molar refractivity (Wildman–Crippen MR) is 63.7 cm³/mol. The minimum atomic E-state index is 0.726. The summed E-state index contributed by atoms with van der Waals surface area (Å²) >= 11 is 0. The van der Waals surface area contributed by atoms with Crippen molar-refractivity contribution in [2.45, 2.75) is 46.7 Å². The third-order valence-corrected chi connectivity index (χ3v) is 2.72. The summed E-state index contributed by atoms with van der Waals surface area (Å²) in [6, 6.07) is 0. The van der Waals surface area contributed by atoms with Crippen molar-refractivity contribution in [3.05, 3.63) is 18.2 Å². The fraction of sp³-hybridized carbons (Fsp3) is 0.750. The Morgan fingerprint density at radius 1 is 1.47 bits per heavy atom. The summed E-state index contributed by atoms with van der Waals surface area (Å²) in [6.45, 7) is 9.73. The average molecular weight is 209 g/mol. The summed E-state index contributed by atoms with van der Waals surface area (Å²) in [5, 5.41) is 3.39. The Morgan fingerprint density at radius 2 is 2.27 bits per heavy atom. The van der Waals surface area contributed by atoms with Crippen LogP contribution in [0, 0.1) is 5.92 Å². The van der Waals surface area contributed by atoms with E-state index in [9.17, 15) is 0 Å². The van der Waals surface area contributed by atoms with Gasteiger partial charge in [0.15, 0.2) is 0 Å². The number of hydrogen-bond acceptors (Lipinski definition) is 2. The summed E-state index contributed by atoms with van der Waals surface area (Å²) in [5.41, 5.74) is 0. The van der Waals surface area contributed by atoms with Crippen LogP contribution in [0.3, 0.4) is 0 Å². The Hall–Kier alpha value is -0.830. The Bertz CT molecular complexity index is 268. The second kappa shape index (κ2) is 6.62. The van der Waals surface area contributed by atoms with Crippen LogP contribution >= 0.6 is 0 Å². The second-order valence-corrected chi connectivity index (χ2v) is 4.19. The van der Waals surface area contributed by atoms with E-state index in [0.29, 0.717) is 0 Å². The largest absolute Gasteiger partial charge is 0.334 e. The van der Waals surface area contributed by atoms with E-state index >= 15 is 0 Å². The van der Waals surface area contributed by atoms with Gasteiger partial charge in [-0.25, -0.2) is 4.98 Å². The number of nitrogens with one attached hydrogen (secondary N) is 1. The molecule has 86 valence electrons. The molecule has 0 spiro atoms. The van der Waals surface area contributed by atoms with E-state index in [2.05, 4.69) is 41.8 Å². The van der Waals surface area contributed by atoms with E-state index in [-0.39, 0.29) is 0 Å². The van der Waals surface area contributed by atoms with Crippen LogP contribution in [-0.2, 0) is 13.1 Å². The van der Waals surface area contributed by atoms with Crippen molar-refractivity contribution in [3.63, 3.8) is 0 Å². The molecule has 3 heteroatoms. The minimum absolute atomic E-state index is 0.726. The van der Waals surface area contributed by atoms with Crippen LogP contribution in [-0.4, -0.2) is 16.1 Å². The maximum Gasteiger partial charge on any atom is 0.122 e. The fourth-order valence-corrected chi connectivity index (χ4v) is 1.52. The first kappa shape index (κ1) is 12.2. The maximum absolute atomic E-state index is 4.38. The van der Waals surface area contributed by atoms with Crippen molar-refractivity contribution < 1.29 is 0 Å². The SMILES string of the molecule is CCCNCc1nccn1CC(C)CC. The minimum Gasteiger partial charge on any atom is -0.334 e. The molecule has 0 aromatic carbocycles. The van der Waals surface area contributed by atoms with Gasteiger partial charge in [-0.05, 0) is 18.9 Å². The molecule has 0 fully saturated rings. The average Bonchev–Trinajstić information content (AvgIpc) is 2.66. The van der Waals surface area contributed by atoms with Crippen molar-refractivity contribution >= 4 is 0 Å². The van der Waals surface area contributed by atoms with Gasteiger partial charge in [-0.2, -0.15) is 0 Å². The van der Waals surface area contributed by atoms with Crippen molar-refractivity contribution in [3.8, 4) is 0 Å². The van der Waals surface area contributed by atoms with Gasteiger partial charge < -0.3 is 9.88 Å². The van der Waals surface area contributed by atoms with Crippen LogP contribution in [0.5, 0.6) is 0 Å². The molecule has 0 amide bonds. The summed E-state index contributed by atoms with van der Waals surface area (Å²) < 4.78 is 2.26. The third-order valence-electron chi connectivity index (χ3n) is 2.72. The van der Waals surface area contributed by atoms with E-state index < -0.39 is 0 Å². The highest BCUT2D eigenvalue weighted by Crippen LogP contribution is 2.07. The van der Waals surface area contributed by atoms with Gasteiger partial charge in [0.1, 0.15) is 5.82 Å². The molecule has 1 atom stereocenters. The molecule has 1 heterocycles. The number of rotatable bonds is 7. The quantitative estimate of drug-likeness (QED) is 0.699. The maximum atomic E-state index is 4.38. The summed E-state index contributed by atoms with van der Waals surface area (Å²) in [4.78, 5) is 4.38. The van der Waals surface area contributed by atoms with E-state index in [0.717, 1.165) is 31.4 Å². The zero-order chi connectivity index (χ0) is 11.1. The lowest BCUT2D eigenvalue weighted by Crippen LogP contribution is -2.19. The summed E-state index contributed by atoms with van der Waals surface area (Å²) in [5.74, 6) is 1.88. The molecule has 0 aliphatic carbocycles. The molecule has 0 aliphatic heterocycles. The number of nitrogens with zero attached hydrogens (tertiary/aromatic N) is 2. The van der Waals surface area contributed by atoms with Gasteiger partial charge in [-0.1, -0.05) is 27.2 Å². The molecule has 1 unspecified atom stereocenters. The zero-order valence-corrected chi connectivity index (χ0v) is 10.2. The fourth-order valence-electron chi connectivity index (χ4n) is 1.52. The molecular formula is C12H23N3. The molecule has 0 radical (unpaired) electrons. The van der Waals surface area contributed by atoms with Crippen LogP contribution in [0.15, 0.2) is 12.4 Å². The smallest absolute Gasteiger partial charge is 0.122 e. The molecule has 0 bridgehead atoms. The highest BCUT2D eigenvalue weighted by Gasteiger charge is 2.05. The summed E-state index contributed by atoms with van der Waals surface area (Å²) in [6.07, 6.45) is 6.37. The van der Waals surface area contributed by atoms with E-state index in [4.69, 9.17) is 0 Å². The van der Waals surface area contributed by atoms with Crippen molar-refractivity contribution in [2.75, 3.05) is 6.54 Å². The Balaban J connectivity index is 2.45.